The van der Waals surface area contributed by atoms with E-state index in [1.807, 2.05) is 23.1 Å². The summed E-state index contributed by atoms with van der Waals surface area (Å²) in [6.45, 7) is 1.55. The SMILES string of the molecule is O=C(Nc1cn[nH]c1-c1nc2ccc(CO)cc2[nH]1)N1CCCCC1. The van der Waals surface area contributed by atoms with Gasteiger partial charge in [0.1, 0.15) is 5.69 Å². The van der Waals surface area contributed by atoms with Crippen molar-refractivity contribution in [3.63, 3.8) is 0 Å². The fourth-order valence-electron chi connectivity index (χ4n) is 3.13. The molecule has 4 rings (SSSR count). The number of H-pyrrole nitrogens is 2. The van der Waals surface area contributed by atoms with Crippen LogP contribution in [0.3, 0.4) is 0 Å². The molecule has 25 heavy (non-hydrogen) atoms. The smallest absolute Gasteiger partial charge is 0.321 e. The number of aromatic nitrogens is 4. The molecule has 2 amide bonds. The number of hydrogen-bond donors (Lipinski definition) is 4. The number of aliphatic hydroxyl groups excluding tert-OH is 1. The first kappa shape index (κ1) is 15.6. The third kappa shape index (κ3) is 3.08. The minimum absolute atomic E-state index is 0.0223. The number of fused-ring (bicyclic) bond motifs is 1. The van der Waals surface area contributed by atoms with E-state index in [4.69, 9.17) is 0 Å². The maximum absolute atomic E-state index is 12.4. The number of anilines is 1. The van der Waals surface area contributed by atoms with E-state index in [1.165, 1.54) is 6.42 Å². The molecule has 0 atom stereocenters. The van der Waals surface area contributed by atoms with Crippen LogP contribution in [0.5, 0.6) is 0 Å². The van der Waals surface area contributed by atoms with Crippen LogP contribution in [0, 0.1) is 0 Å². The van der Waals surface area contributed by atoms with Gasteiger partial charge in [-0.1, -0.05) is 6.07 Å². The van der Waals surface area contributed by atoms with Crippen LogP contribution in [0.15, 0.2) is 24.4 Å². The molecule has 0 bridgehead atoms. The third-order valence-corrected chi connectivity index (χ3v) is 4.49. The average Bonchev–Trinajstić information content (AvgIpc) is 3.27. The predicted octanol–water partition coefficient (Wildman–Crippen LogP) is 2.46. The van der Waals surface area contributed by atoms with Crippen LogP contribution in [0.2, 0.25) is 0 Å². The number of nitrogens with one attached hydrogen (secondary N) is 3. The van der Waals surface area contributed by atoms with Gasteiger partial charge in [0.15, 0.2) is 5.82 Å². The van der Waals surface area contributed by atoms with E-state index in [0.29, 0.717) is 17.2 Å². The highest BCUT2D eigenvalue weighted by atomic mass is 16.3. The molecular weight excluding hydrogens is 320 g/mol. The molecule has 8 nitrogen and oxygen atoms in total. The number of rotatable bonds is 3. The van der Waals surface area contributed by atoms with E-state index in [2.05, 4.69) is 25.5 Å². The van der Waals surface area contributed by atoms with Crippen LogP contribution >= 0.6 is 0 Å². The largest absolute Gasteiger partial charge is 0.392 e. The average molecular weight is 340 g/mol. The highest BCUT2D eigenvalue weighted by molar-refractivity contribution is 5.93. The standard InChI is InChI=1S/C17H20N6O2/c24-10-11-4-5-12-13(8-11)20-16(19-12)15-14(9-18-22-15)21-17(25)23-6-2-1-3-7-23/h4-5,8-9,24H,1-3,6-7,10H2,(H,18,22)(H,19,20)(H,21,25). The van der Waals surface area contributed by atoms with Gasteiger partial charge in [-0.3, -0.25) is 5.10 Å². The Morgan fingerprint density at radius 1 is 1.28 bits per heavy atom. The lowest BCUT2D eigenvalue weighted by Gasteiger charge is -2.26. The van der Waals surface area contributed by atoms with Crippen molar-refractivity contribution in [2.75, 3.05) is 18.4 Å². The summed E-state index contributed by atoms with van der Waals surface area (Å²) < 4.78 is 0. The van der Waals surface area contributed by atoms with E-state index >= 15 is 0 Å². The van der Waals surface area contributed by atoms with E-state index < -0.39 is 0 Å². The molecule has 0 aliphatic carbocycles. The number of benzene rings is 1. The molecule has 0 unspecified atom stereocenters. The Morgan fingerprint density at radius 2 is 2.12 bits per heavy atom. The van der Waals surface area contributed by atoms with Gasteiger partial charge in [-0.15, -0.1) is 0 Å². The van der Waals surface area contributed by atoms with Crippen LogP contribution in [-0.4, -0.2) is 49.3 Å². The first-order valence-corrected chi connectivity index (χ1v) is 8.44. The van der Waals surface area contributed by atoms with E-state index in [-0.39, 0.29) is 12.6 Å². The summed E-state index contributed by atoms with van der Waals surface area (Å²) in [4.78, 5) is 22.0. The molecule has 0 spiro atoms. The minimum atomic E-state index is -0.110. The minimum Gasteiger partial charge on any atom is -0.392 e. The molecular formula is C17H20N6O2. The molecule has 1 aromatic carbocycles. The van der Waals surface area contributed by atoms with Crippen molar-refractivity contribution in [1.29, 1.82) is 0 Å². The molecule has 1 saturated heterocycles. The maximum Gasteiger partial charge on any atom is 0.321 e. The highest BCUT2D eigenvalue weighted by Gasteiger charge is 2.19. The summed E-state index contributed by atoms with van der Waals surface area (Å²) in [5.41, 5.74) is 3.65. The van der Waals surface area contributed by atoms with Crippen molar-refractivity contribution in [3.8, 4) is 11.5 Å². The quantitative estimate of drug-likeness (QED) is 0.587. The van der Waals surface area contributed by atoms with Crippen LogP contribution < -0.4 is 5.32 Å². The van der Waals surface area contributed by atoms with Crippen molar-refractivity contribution < 1.29 is 9.90 Å². The van der Waals surface area contributed by atoms with Gasteiger partial charge < -0.3 is 20.3 Å². The summed E-state index contributed by atoms with van der Waals surface area (Å²) in [7, 11) is 0. The van der Waals surface area contributed by atoms with E-state index in [0.717, 1.165) is 42.5 Å². The van der Waals surface area contributed by atoms with Crippen molar-refractivity contribution in [3.05, 3.63) is 30.0 Å². The second kappa shape index (κ2) is 6.56. The van der Waals surface area contributed by atoms with Crippen LogP contribution in [0.4, 0.5) is 10.5 Å². The molecule has 1 fully saturated rings. The molecule has 0 saturated carbocycles. The van der Waals surface area contributed by atoms with Crippen LogP contribution in [-0.2, 0) is 6.61 Å². The van der Waals surface area contributed by atoms with Crippen molar-refractivity contribution >= 4 is 22.8 Å². The van der Waals surface area contributed by atoms with Crippen LogP contribution in [0.25, 0.3) is 22.6 Å². The maximum atomic E-state index is 12.4. The van der Waals surface area contributed by atoms with Gasteiger partial charge in [-0.25, -0.2) is 9.78 Å². The number of hydrogen-bond acceptors (Lipinski definition) is 4. The molecule has 0 radical (unpaired) electrons. The lowest BCUT2D eigenvalue weighted by molar-refractivity contribution is 0.200. The Hall–Kier alpha value is -2.87. The number of imidazole rings is 1. The zero-order chi connectivity index (χ0) is 17.2. The van der Waals surface area contributed by atoms with E-state index in [9.17, 15) is 9.90 Å². The monoisotopic (exact) mass is 340 g/mol. The lowest BCUT2D eigenvalue weighted by atomic mass is 10.1. The number of carbonyl (C=O) groups excluding carboxylic acids is 1. The number of likely N-dealkylation sites (tertiary alicyclic amines) is 1. The Morgan fingerprint density at radius 3 is 2.92 bits per heavy atom. The Bertz CT molecular complexity index is 894. The summed E-state index contributed by atoms with van der Waals surface area (Å²) in [5, 5.41) is 19.1. The topological polar surface area (TPSA) is 110 Å². The highest BCUT2D eigenvalue weighted by Crippen LogP contribution is 2.26. The summed E-state index contributed by atoms with van der Waals surface area (Å²) in [5.74, 6) is 0.594. The zero-order valence-electron chi connectivity index (χ0n) is 13.7. The first-order chi connectivity index (χ1) is 12.2. The number of urea groups is 1. The van der Waals surface area contributed by atoms with Gasteiger partial charge in [0, 0.05) is 13.1 Å². The number of nitrogens with zero attached hydrogens (tertiary/aromatic N) is 3. The van der Waals surface area contributed by atoms with Crippen molar-refractivity contribution in [2.45, 2.75) is 25.9 Å². The van der Waals surface area contributed by atoms with Gasteiger partial charge in [0.25, 0.3) is 0 Å². The summed E-state index contributed by atoms with van der Waals surface area (Å²) in [6, 6.07) is 5.43. The third-order valence-electron chi connectivity index (χ3n) is 4.49. The fraction of sp³-hybridized carbons (Fsp3) is 0.353. The van der Waals surface area contributed by atoms with Gasteiger partial charge >= 0.3 is 6.03 Å². The second-order valence-electron chi connectivity index (χ2n) is 6.23. The molecule has 4 N–H and O–H groups in total. The molecule has 1 aliphatic heterocycles. The Labute approximate surface area is 144 Å². The van der Waals surface area contributed by atoms with Crippen molar-refractivity contribution in [1.82, 2.24) is 25.1 Å². The lowest BCUT2D eigenvalue weighted by Crippen LogP contribution is -2.38. The summed E-state index contributed by atoms with van der Waals surface area (Å²) >= 11 is 0. The zero-order valence-corrected chi connectivity index (χ0v) is 13.7. The second-order valence-corrected chi connectivity index (χ2v) is 6.23. The number of amides is 2. The molecule has 1 aliphatic rings. The van der Waals surface area contributed by atoms with Crippen molar-refractivity contribution in [2.24, 2.45) is 0 Å². The van der Waals surface area contributed by atoms with E-state index in [1.54, 1.807) is 6.20 Å². The van der Waals surface area contributed by atoms with Gasteiger partial charge in [0.05, 0.1) is 29.5 Å². The predicted molar refractivity (Wildman–Crippen MR) is 94.0 cm³/mol. The van der Waals surface area contributed by atoms with Crippen LogP contribution in [0.1, 0.15) is 24.8 Å². The Kier molecular flexibility index (Phi) is 4.10. The summed E-state index contributed by atoms with van der Waals surface area (Å²) in [6.07, 6.45) is 4.85. The normalized spacial score (nSPS) is 14.8. The number of piperidine rings is 1. The molecule has 2 aromatic heterocycles. The number of carbonyl (C=O) groups is 1. The Balaban J connectivity index is 1.59. The van der Waals surface area contributed by atoms with Gasteiger partial charge in [-0.05, 0) is 37.0 Å². The molecule has 3 heterocycles. The molecule has 8 heteroatoms. The molecule has 3 aromatic rings. The number of aliphatic hydroxyl groups is 1. The fourth-order valence-corrected chi connectivity index (χ4v) is 3.13. The first-order valence-electron chi connectivity index (χ1n) is 8.44. The molecule has 130 valence electrons. The van der Waals surface area contributed by atoms with Gasteiger partial charge in [0.2, 0.25) is 0 Å². The number of aromatic amines is 2. The van der Waals surface area contributed by atoms with Gasteiger partial charge in [-0.2, -0.15) is 5.10 Å².